The summed E-state index contributed by atoms with van der Waals surface area (Å²) >= 11 is 0. The first-order valence-corrected chi connectivity index (χ1v) is 4.42. The number of aromatic nitrogens is 2. The van der Waals surface area contributed by atoms with Crippen LogP contribution in [0.2, 0.25) is 0 Å². The molecule has 0 amide bonds. The maximum Gasteiger partial charge on any atom is 0.434 e. The molecule has 1 aromatic heterocycles. The second kappa shape index (κ2) is 3.03. The standard InChI is InChI=1S/C8H8BF3N2/c9-7-6(8(10,11)12)13-5-3-1-2-4-14(5)7/h1-4H2. The summed E-state index contributed by atoms with van der Waals surface area (Å²) in [5.41, 5.74) is -1.18. The molecule has 0 aromatic carbocycles. The number of imidazole rings is 1. The number of halogens is 3. The smallest absolute Gasteiger partial charge is 0.342 e. The molecule has 2 heterocycles. The fraction of sp³-hybridized carbons (Fsp3) is 0.625. The average Bonchev–Trinajstić information content (AvgIpc) is 2.44. The van der Waals surface area contributed by atoms with E-state index in [2.05, 4.69) is 4.98 Å². The Morgan fingerprint density at radius 1 is 1.29 bits per heavy atom. The lowest BCUT2D eigenvalue weighted by Gasteiger charge is -2.15. The summed E-state index contributed by atoms with van der Waals surface area (Å²) in [6.45, 7) is 0.546. The first-order valence-electron chi connectivity index (χ1n) is 4.42. The van der Waals surface area contributed by atoms with Crippen molar-refractivity contribution in [3.8, 4) is 0 Å². The zero-order chi connectivity index (χ0) is 10.3. The summed E-state index contributed by atoms with van der Waals surface area (Å²) in [5, 5.41) is 0. The molecule has 0 bridgehead atoms. The van der Waals surface area contributed by atoms with E-state index in [4.69, 9.17) is 7.85 Å². The number of rotatable bonds is 0. The maximum absolute atomic E-state index is 12.4. The molecular weight excluding hydrogens is 192 g/mol. The first kappa shape index (κ1) is 9.61. The molecular formula is C8H8BF3N2. The summed E-state index contributed by atoms with van der Waals surface area (Å²) in [6, 6.07) is 0. The number of hydrogen-bond donors (Lipinski definition) is 0. The van der Waals surface area contributed by atoms with Crippen LogP contribution in [0.5, 0.6) is 0 Å². The van der Waals surface area contributed by atoms with Crippen molar-refractivity contribution < 1.29 is 13.2 Å². The number of fused-ring (bicyclic) bond motifs is 1. The molecule has 6 heteroatoms. The molecule has 2 radical (unpaired) electrons. The molecule has 0 N–H and O–H groups in total. The lowest BCUT2D eigenvalue weighted by atomic mass is 10.0. The monoisotopic (exact) mass is 200 g/mol. The highest BCUT2D eigenvalue weighted by atomic mass is 19.4. The minimum Gasteiger partial charge on any atom is -0.342 e. The normalized spacial score (nSPS) is 16.8. The van der Waals surface area contributed by atoms with Gasteiger partial charge in [-0.2, -0.15) is 13.2 Å². The van der Waals surface area contributed by atoms with Gasteiger partial charge in [-0.15, -0.1) is 0 Å². The summed E-state index contributed by atoms with van der Waals surface area (Å²) in [6.07, 6.45) is -2.10. The molecule has 1 aliphatic rings. The minimum atomic E-state index is -4.44. The predicted molar refractivity (Wildman–Crippen MR) is 45.6 cm³/mol. The Morgan fingerprint density at radius 2 is 2.00 bits per heavy atom. The summed E-state index contributed by atoms with van der Waals surface area (Å²) in [5.74, 6) is 0.459. The van der Waals surface area contributed by atoms with Crippen LogP contribution in [0.3, 0.4) is 0 Å². The molecule has 14 heavy (non-hydrogen) atoms. The molecule has 0 unspecified atom stereocenters. The van der Waals surface area contributed by atoms with Crippen LogP contribution in [0.1, 0.15) is 24.4 Å². The number of aryl methyl sites for hydroxylation is 1. The maximum atomic E-state index is 12.4. The molecule has 1 aromatic rings. The Morgan fingerprint density at radius 3 is 2.57 bits per heavy atom. The SMILES string of the molecule is [B]c1c(C(F)(F)F)nc2n1CCCC2. The lowest BCUT2D eigenvalue weighted by Crippen LogP contribution is -2.27. The van der Waals surface area contributed by atoms with Gasteiger partial charge in [-0.1, -0.05) is 0 Å². The van der Waals surface area contributed by atoms with Gasteiger partial charge in [-0.25, -0.2) is 4.98 Å². The third-order valence-electron chi connectivity index (χ3n) is 2.39. The van der Waals surface area contributed by atoms with Gasteiger partial charge in [0.2, 0.25) is 0 Å². The highest BCUT2D eigenvalue weighted by molar-refractivity contribution is 6.31. The van der Waals surface area contributed by atoms with Gasteiger partial charge in [0.15, 0.2) is 5.69 Å². The molecule has 2 nitrogen and oxygen atoms in total. The van der Waals surface area contributed by atoms with Crippen LogP contribution in [-0.4, -0.2) is 17.4 Å². The first-order chi connectivity index (χ1) is 6.50. The van der Waals surface area contributed by atoms with E-state index in [1.807, 2.05) is 0 Å². The fourth-order valence-corrected chi connectivity index (χ4v) is 1.72. The highest BCUT2D eigenvalue weighted by Crippen LogP contribution is 2.28. The van der Waals surface area contributed by atoms with Crippen molar-refractivity contribution in [3.63, 3.8) is 0 Å². The Balaban J connectivity index is 2.49. The lowest BCUT2D eigenvalue weighted by molar-refractivity contribution is -0.140. The van der Waals surface area contributed by atoms with E-state index in [1.54, 1.807) is 0 Å². The van der Waals surface area contributed by atoms with Gasteiger partial charge in [0.05, 0.1) is 0 Å². The van der Waals surface area contributed by atoms with Crippen molar-refractivity contribution in [2.45, 2.75) is 32.0 Å². The zero-order valence-electron chi connectivity index (χ0n) is 7.43. The van der Waals surface area contributed by atoms with Crippen LogP contribution in [0, 0.1) is 0 Å². The molecule has 0 atom stereocenters. The van der Waals surface area contributed by atoms with Crippen LogP contribution in [0.4, 0.5) is 13.2 Å². The molecule has 0 saturated carbocycles. The molecule has 1 aliphatic heterocycles. The Bertz CT molecular complexity index is 356. The number of alkyl halides is 3. The van der Waals surface area contributed by atoms with Gasteiger partial charge in [-0.3, -0.25) is 0 Å². The minimum absolute atomic E-state index is 0.243. The zero-order valence-corrected chi connectivity index (χ0v) is 7.43. The second-order valence-corrected chi connectivity index (χ2v) is 3.37. The summed E-state index contributed by atoms with van der Waals surface area (Å²) < 4.78 is 38.6. The van der Waals surface area contributed by atoms with Crippen LogP contribution < -0.4 is 5.59 Å². The van der Waals surface area contributed by atoms with E-state index >= 15 is 0 Å². The van der Waals surface area contributed by atoms with Gasteiger partial charge in [0, 0.05) is 13.0 Å². The van der Waals surface area contributed by atoms with E-state index in [0.29, 0.717) is 18.8 Å². The van der Waals surface area contributed by atoms with Gasteiger partial charge < -0.3 is 4.57 Å². The van der Waals surface area contributed by atoms with Crippen molar-refractivity contribution in [3.05, 3.63) is 11.5 Å². The third-order valence-corrected chi connectivity index (χ3v) is 2.39. The molecule has 0 aliphatic carbocycles. The van der Waals surface area contributed by atoms with E-state index in [1.165, 1.54) is 4.57 Å². The van der Waals surface area contributed by atoms with Gasteiger partial charge >= 0.3 is 6.18 Å². The van der Waals surface area contributed by atoms with E-state index in [9.17, 15) is 13.2 Å². The topological polar surface area (TPSA) is 17.8 Å². The Kier molecular flexibility index (Phi) is 2.08. The molecule has 0 fully saturated rings. The second-order valence-electron chi connectivity index (χ2n) is 3.37. The Labute approximate surface area is 80.5 Å². The fourth-order valence-electron chi connectivity index (χ4n) is 1.72. The van der Waals surface area contributed by atoms with E-state index in [-0.39, 0.29) is 5.59 Å². The number of hydrogen-bond acceptors (Lipinski definition) is 1. The van der Waals surface area contributed by atoms with Crippen LogP contribution in [0.15, 0.2) is 0 Å². The van der Waals surface area contributed by atoms with E-state index in [0.717, 1.165) is 12.8 Å². The van der Waals surface area contributed by atoms with Crippen LogP contribution in [0.25, 0.3) is 0 Å². The van der Waals surface area contributed by atoms with Crippen molar-refractivity contribution in [2.75, 3.05) is 0 Å². The quantitative estimate of drug-likeness (QED) is 0.572. The van der Waals surface area contributed by atoms with Crippen molar-refractivity contribution in [1.82, 2.24) is 9.55 Å². The van der Waals surface area contributed by atoms with Crippen LogP contribution >= 0.6 is 0 Å². The number of nitrogens with zero attached hydrogens (tertiary/aromatic N) is 2. The van der Waals surface area contributed by atoms with Crippen molar-refractivity contribution >= 4 is 13.4 Å². The van der Waals surface area contributed by atoms with Gasteiger partial charge in [0.1, 0.15) is 13.7 Å². The molecule has 74 valence electrons. The molecule has 0 saturated heterocycles. The third kappa shape index (κ3) is 1.42. The molecule has 2 rings (SSSR count). The van der Waals surface area contributed by atoms with Gasteiger partial charge in [-0.05, 0) is 18.4 Å². The van der Waals surface area contributed by atoms with Crippen molar-refractivity contribution in [1.29, 1.82) is 0 Å². The predicted octanol–water partition coefficient (Wildman–Crippen LogP) is 1.03. The van der Waals surface area contributed by atoms with Crippen LogP contribution in [-0.2, 0) is 19.1 Å². The molecule has 0 spiro atoms. The van der Waals surface area contributed by atoms with Crippen molar-refractivity contribution in [2.24, 2.45) is 0 Å². The van der Waals surface area contributed by atoms with Gasteiger partial charge in [0.25, 0.3) is 0 Å². The van der Waals surface area contributed by atoms with E-state index < -0.39 is 11.9 Å². The highest BCUT2D eigenvalue weighted by Gasteiger charge is 2.37. The summed E-state index contributed by atoms with van der Waals surface area (Å²) in [4.78, 5) is 3.53. The Hall–Kier alpha value is -0.935. The largest absolute Gasteiger partial charge is 0.434 e. The average molecular weight is 200 g/mol. The summed E-state index contributed by atoms with van der Waals surface area (Å²) in [7, 11) is 5.39.